The first-order valence-electron chi connectivity index (χ1n) is 5.02. The number of rotatable bonds is 4. The molecule has 0 bridgehead atoms. The maximum absolute atomic E-state index is 11.5. The lowest BCUT2D eigenvalue weighted by atomic mass is 10.3. The number of nitrogens with two attached hydrogens (primary N) is 1. The van der Waals surface area contributed by atoms with Gasteiger partial charge in [-0.3, -0.25) is 10.1 Å². The average Bonchev–Trinajstić information content (AvgIpc) is 2.81. The van der Waals surface area contributed by atoms with Crippen molar-refractivity contribution in [2.45, 2.75) is 0 Å². The van der Waals surface area contributed by atoms with E-state index in [0.29, 0.717) is 17.4 Å². The minimum Gasteiger partial charge on any atom is -0.482 e. The second-order valence-electron chi connectivity index (χ2n) is 3.31. The molecule has 0 aliphatic rings. The van der Waals surface area contributed by atoms with E-state index in [2.05, 4.69) is 15.3 Å². The normalized spacial score (nSPS) is 9.88. The molecule has 88 valence electrons. The minimum absolute atomic E-state index is 0.116. The van der Waals surface area contributed by atoms with E-state index in [9.17, 15) is 4.79 Å². The van der Waals surface area contributed by atoms with E-state index < -0.39 is 0 Å². The maximum Gasteiger partial charge on any atom is 0.264 e. The SMILES string of the molecule is Nc1ccccc1OCC(=O)Nc1ncc[nH]1. The standard InChI is InChI=1S/C11H12N4O2/c12-8-3-1-2-4-9(8)17-7-10(16)15-11-13-5-6-14-11/h1-6H,7,12H2,(H2,13,14,15,16). The number of nitrogen functional groups attached to an aromatic ring is 1. The number of hydrogen-bond acceptors (Lipinski definition) is 4. The molecule has 0 atom stereocenters. The highest BCUT2D eigenvalue weighted by molar-refractivity contribution is 5.90. The van der Waals surface area contributed by atoms with Crippen molar-refractivity contribution >= 4 is 17.5 Å². The lowest BCUT2D eigenvalue weighted by Crippen LogP contribution is -2.21. The maximum atomic E-state index is 11.5. The van der Waals surface area contributed by atoms with E-state index >= 15 is 0 Å². The van der Waals surface area contributed by atoms with Crippen LogP contribution in [0.3, 0.4) is 0 Å². The first-order valence-corrected chi connectivity index (χ1v) is 5.02. The Morgan fingerprint density at radius 1 is 1.47 bits per heavy atom. The van der Waals surface area contributed by atoms with Crippen LogP contribution in [0.25, 0.3) is 0 Å². The Morgan fingerprint density at radius 3 is 3.00 bits per heavy atom. The Bertz CT molecular complexity index is 496. The summed E-state index contributed by atoms with van der Waals surface area (Å²) in [5.74, 6) is 0.574. The lowest BCUT2D eigenvalue weighted by molar-refractivity contribution is -0.118. The Labute approximate surface area is 97.8 Å². The van der Waals surface area contributed by atoms with Crippen LogP contribution in [-0.4, -0.2) is 22.5 Å². The number of hydrogen-bond donors (Lipinski definition) is 3. The number of carbonyl (C=O) groups excluding carboxylic acids is 1. The van der Waals surface area contributed by atoms with Gasteiger partial charge >= 0.3 is 0 Å². The van der Waals surface area contributed by atoms with Gasteiger partial charge in [0, 0.05) is 12.4 Å². The van der Waals surface area contributed by atoms with Gasteiger partial charge in [-0.15, -0.1) is 0 Å². The summed E-state index contributed by atoms with van der Waals surface area (Å²) in [5.41, 5.74) is 6.17. The Hall–Kier alpha value is -2.50. The summed E-state index contributed by atoms with van der Waals surface area (Å²) in [6.07, 6.45) is 3.16. The largest absolute Gasteiger partial charge is 0.482 e. The van der Waals surface area contributed by atoms with E-state index in [1.165, 1.54) is 0 Å². The van der Waals surface area contributed by atoms with Crippen molar-refractivity contribution in [3.05, 3.63) is 36.7 Å². The van der Waals surface area contributed by atoms with Crippen molar-refractivity contribution in [1.29, 1.82) is 0 Å². The van der Waals surface area contributed by atoms with E-state index in [1.54, 1.807) is 36.7 Å². The number of para-hydroxylation sites is 2. The summed E-state index contributed by atoms with van der Waals surface area (Å²) >= 11 is 0. The molecule has 0 saturated carbocycles. The summed E-state index contributed by atoms with van der Waals surface area (Å²) in [4.78, 5) is 18.1. The number of nitrogens with one attached hydrogen (secondary N) is 2. The Morgan fingerprint density at radius 2 is 2.29 bits per heavy atom. The van der Waals surface area contributed by atoms with Gasteiger partial charge in [0.15, 0.2) is 6.61 Å². The minimum atomic E-state index is -0.303. The summed E-state index contributed by atoms with van der Waals surface area (Å²) < 4.78 is 5.27. The average molecular weight is 232 g/mol. The van der Waals surface area contributed by atoms with Gasteiger partial charge in [0.05, 0.1) is 5.69 Å². The summed E-state index contributed by atoms with van der Waals surface area (Å²) in [6.45, 7) is -0.116. The molecule has 1 aromatic carbocycles. The number of amides is 1. The molecule has 0 unspecified atom stereocenters. The van der Waals surface area contributed by atoms with Gasteiger partial charge in [-0.25, -0.2) is 4.98 Å². The van der Waals surface area contributed by atoms with Crippen LogP contribution in [0.2, 0.25) is 0 Å². The highest BCUT2D eigenvalue weighted by atomic mass is 16.5. The zero-order chi connectivity index (χ0) is 12.1. The molecule has 6 heteroatoms. The number of H-pyrrole nitrogens is 1. The number of carbonyl (C=O) groups is 1. The second-order valence-corrected chi connectivity index (χ2v) is 3.31. The third-order valence-corrected chi connectivity index (χ3v) is 2.03. The van der Waals surface area contributed by atoms with E-state index in [4.69, 9.17) is 10.5 Å². The van der Waals surface area contributed by atoms with Crippen LogP contribution >= 0.6 is 0 Å². The number of nitrogens with zero attached hydrogens (tertiary/aromatic N) is 1. The number of ether oxygens (including phenoxy) is 1. The van der Waals surface area contributed by atoms with Crippen molar-refractivity contribution in [1.82, 2.24) is 9.97 Å². The molecule has 2 aromatic rings. The van der Waals surface area contributed by atoms with Crippen molar-refractivity contribution in [2.24, 2.45) is 0 Å². The van der Waals surface area contributed by atoms with Crippen molar-refractivity contribution in [2.75, 3.05) is 17.7 Å². The first-order chi connectivity index (χ1) is 8.25. The summed E-state index contributed by atoms with van der Waals surface area (Å²) in [5, 5.41) is 2.54. The van der Waals surface area contributed by atoms with Gasteiger partial charge in [-0.05, 0) is 12.1 Å². The second kappa shape index (κ2) is 5.02. The van der Waals surface area contributed by atoms with Crippen LogP contribution in [0.15, 0.2) is 36.7 Å². The number of aromatic amines is 1. The van der Waals surface area contributed by atoms with Crippen LogP contribution in [-0.2, 0) is 4.79 Å². The molecule has 1 amide bonds. The molecule has 0 fully saturated rings. The monoisotopic (exact) mass is 232 g/mol. The number of benzene rings is 1. The molecule has 2 rings (SSSR count). The zero-order valence-corrected chi connectivity index (χ0v) is 9.01. The van der Waals surface area contributed by atoms with Gasteiger partial charge in [0.25, 0.3) is 5.91 Å². The van der Waals surface area contributed by atoms with Crippen molar-refractivity contribution in [3.8, 4) is 5.75 Å². The highest BCUT2D eigenvalue weighted by Gasteiger charge is 2.06. The highest BCUT2D eigenvalue weighted by Crippen LogP contribution is 2.19. The van der Waals surface area contributed by atoms with Gasteiger partial charge in [-0.1, -0.05) is 12.1 Å². The molecule has 0 radical (unpaired) electrons. The van der Waals surface area contributed by atoms with Crippen LogP contribution in [0.1, 0.15) is 0 Å². The number of imidazole rings is 1. The molecule has 1 aromatic heterocycles. The van der Waals surface area contributed by atoms with Crippen LogP contribution in [0.5, 0.6) is 5.75 Å². The van der Waals surface area contributed by atoms with Gasteiger partial charge in [0.2, 0.25) is 5.95 Å². The molecule has 0 aliphatic carbocycles. The fourth-order valence-corrected chi connectivity index (χ4v) is 1.26. The predicted molar refractivity (Wildman–Crippen MR) is 63.6 cm³/mol. The van der Waals surface area contributed by atoms with Crippen LogP contribution in [0, 0.1) is 0 Å². The number of aromatic nitrogens is 2. The topological polar surface area (TPSA) is 93.0 Å². The Kier molecular flexibility index (Phi) is 3.25. The smallest absolute Gasteiger partial charge is 0.264 e. The fourth-order valence-electron chi connectivity index (χ4n) is 1.26. The van der Waals surface area contributed by atoms with Crippen LogP contribution in [0.4, 0.5) is 11.6 Å². The fraction of sp³-hybridized carbons (Fsp3) is 0.0909. The number of anilines is 2. The Balaban J connectivity index is 1.86. The van der Waals surface area contributed by atoms with Crippen LogP contribution < -0.4 is 15.8 Å². The van der Waals surface area contributed by atoms with Gasteiger partial charge < -0.3 is 15.5 Å². The van der Waals surface area contributed by atoms with Gasteiger partial charge in [-0.2, -0.15) is 0 Å². The molecule has 4 N–H and O–H groups in total. The van der Waals surface area contributed by atoms with Crippen molar-refractivity contribution in [3.63, 3.8) is 0 Å². The van der Waals surface area contributed by atoms with Crippen molar-refractivity contribution < 1.29 is 9.53 Å². The molecule has 17 heavy (non-hydrogen) atoms. The van der Waals surface area contributed by atoms with E-state index in [0.717, 1.165) is 0 Å². The predicted octanol–water partition coefficient (Wildman–Crippen LogP) is 1.01. The molecule has 1 heterocycles. The summed E-state index contributed by atoms with van der Waals surface area (Å²) in [7, 11) is 0. The molecular formula is C11H12N4O2. The first kappa shape index (κ1) is 11.0. The van der Waals surface area contributed by atoms with Gasteiger partial charge in [0.1, 0.15) is 5.75 Å². The third kappa shape index (κ3) is 2.97. The molecular weight excluding hydrogens is 220 g/mol. The molecule has 0 saturated heterocycles. The third-order valence-electron chi connectivity index (χ3n) is 2.03. The summed E-state index contributed by atoms with van der Waals surface area (Å²) in [6, 6.07) is 7.00. The molecule has 6 nitrogen and oxygen atoms in total. The zero-order valence-electron chi connectivity index (χ0n) is 9.01. The van der Waals surface area contributed by atoms with E-state index in [1.807, 2.05) is 0 Å². The molecule has 0 spiro atoms. The quantitative estimate of drug-likeness (QED) is 0.686. The lowest BCUT2D eigenvalue weighted by Gasteiger charge is -2.07. The van der Waals surface area contributed by atoms with E-state index in [-0.39, 0.29) is 12.5 Å². The molecule has 0 aliphatic heterocycles.